The van der Waals surface area contributed by atoms with Crippen LogP contribution in [0.25, 0.3) is 21.6 Å². The molecule has 0 bridgehead atoms. The molecular weight excluding hydrogens is 851 g/mol. The molecule has 0 aliphatic carbocycles. The lowest BCUT2D eigenvalue weighted by atomic mass is 9.85. The summed E-state index contributed by atoms with van der Waals surface area (Å²) in [4.78, 5) is 61.9. The van der Waals surface area contributed by atoms with Crippen LogP contribution in [0.5, 0.6) is 5.75 Å². The Labute approximate surface area is 393 Å². The van der Waals surface area contributed by atoms with Gasteiger partial charge in [-0.25, -0.2) is 4.98 Å². The van der Waals surface area contributed by atoms with Crippen molar-refractivity contribution in [2.45, 2.75) is 85.0 Å². The highest BCUT2D eigenvalue weighted by atomic mass is 32.1. The average Bonchev–Trinajstić information content (AvgIpc) is 3.94. The first-order valence-electron chi connectivity index (χ1n) is 22.7. The number of aryl methyl sites for hydroxylation is 1. The highest BCUT2D eigenvalue weighted by Gasteiger charge is 2.44. The summed E-state index contributed by atoms with van der Waals surface area (Å²) in [6.07, 6.45) is 0.193. The number of allylic oxidation sites excluding steroid dienone is 1. The molecule has 2 heterocycles. The number of amides is 4. The first-order valence-corrected chi connectivity index (χ1v) is 23.5. The van der Waals surface area contributed by atoms with Gasteiger partial charge in [-0.3, -0.25) is 19.2 Å². The van der Waals surface area contributed by atoms with Crippen molar-refractivity contribution in [2.75, 3.05) is 40.0 Å². The molecule has 1 aliphatic heterocycles. The van der Waals surface area contributed by atoms with Gasteiger partial charge in [-0.15, -0.1) is 11.3 Å². The van der Waals surface area contributed by atoms with Gasteiger partial charge in [0.1, 0.15) is 24.4 Å². The first kappa shape index (κ1) is 49.3. The number of aliphatic hydroxyl groups excluding tert-OH is 1. The fourth-order valence-electron chi connectivity index (χ4n) is 8.06. The molecule has 1 aromatic heterocycles. The van der Waals surface area contributed by atoms with Crippen LogP contribution in [0.15, 0.2) is 115 Å². The summed E-state index contributed by atoms with van der Waals surface area (Å²) in [6, 6.07) is 35.0. The molecule has 4 amide bonds. The van der Waals surface area contributed by atoms with E-state index in [2.05, 4.69) is 83.2 Å². The Morgan fingerprint density at radius 3 is 2.12 bits per heavy atom. The Hall–Kier alpha value is -6.15. The maximum Gasteiger partial charge on any atom is 0.246 e. The van der Waals surface area contributed by atoms with E-state index in [0.29, 0.717) is 18.9 Å². The topological polar surface area (TPSA) is 150 Å². The van der Waals surface area contributed by atoms with E-state index in [-0.39, 0.29) is 57.4 Å². The number of rotatable bonds is 20. The summed E-state index contributed by atoms with van der Waals surface area (Å²) in [5.41, 5.74) is 9.90. The van der Waals surface area contributed by atoms with Crippen LogP contribution in [0.4, 0.5) is 0 Å². The summed E-state index contributed by atoms with van der Waals surface area (Å²) in [5, 5.41) is 16.4. The van der Waals surface area contributed by atoms with Gasteiger partial charge in [0.05, 0.1) is 48.4 Å². The number of hydrogen-bond acceptors (Lipinski definition) is 9. The minimum Gasteiger partial charge on any atom is -0.492 e. The summed E-state index contributed by atoms with van der Waals surface area (Å²) in [7, 11) is 1.72. The van der Waals surface area contributed by atoms with E-state index >= 15 is 0 Å². The molecule has 348 valence electrons. The molecule has 3 N–H and O–H groups in total. The highest BCUT2D eigenvalue weighted by molar-refractivity contribution is 7.13. The summed E-state index contributed by atoms with van der Waals surface area (Å²) in [5.74, 6) is -0.617. The number of likely N-dealkylation sites (tertiary alicyclic amines) is 1. The van der Waals surface area contributed by atoms with Crippen LogP contribution < -0.4 is 15.4 Å². The van der Waals surface area contributed by atoms with E-state index in [1.54, 1.807) is 23.3 Å². The lowest BCUT2D eigenvalue weighted by Gasteiger charge is -2.35. The van der Waals surface area contributed by atoms with Crippen molar-refractivity contribution in [1.82, 2.24) is 25.4 Å². The Morgan fingerprint density at radius 1 is 0.864 bits per heavy atom. The molecule has 3 atom stereocenters. The average molecular weight is 914 g/mol. The third kappa shape index (κ3) is 13.2. The van der Waals surface area contributed by atoms with Gasteiger partial charge in [0.15, 0.2) is 0 Å². The zero-order chi connectivity index (χ0) is 47.2. The quantitative estimate of drug-likeness (QED) is 0.0527. The summed E-state index contributed by atoms with van der Waals surface area (Å²) >= 11 is 1.57. The van der Waals surface area contributed by atoms with Crippen LogP contribution in [0.1, 0.15) is 81.3 Å². The normalized spacial score (nSPS) is 15.7. The van der Waals surface area contributed by atoms with Gasteiger partial charge in [0, 0.05) is 33.0 Å². The predicted molar refractivity (Wildman–Crippen MR) is 260 cm³/mol. The molecular formula is C53H63N5O7S. The van der Waals surface area contributed by atoms with Crippen molar-refractivity contribution < 1.29 is 33.8 Å². The molecule has 0 spiro atoms. The van der Waals surface area contributed by atoms with Crippen LogP contribution in [-0.2, 0) is 30.5 Å². The molecule has 5 aromatic rings. The second kappa shape index (κ2) is 23.3. The minimum absolute atomic E-state index is 0.0176. The molecule has 4 aromatic carbocycles. The smallest absolute Gasteiger partial charge is 0.246 e. The fourth-order valence-corrected chi connectivity index (χ4v) is 8.87. The number of benzene rings is 4. The number of likely N-dealkylation sites (N-methyl/N-ethyl adjacent to an activating group) is 1. The van der Waals surface area contributed by atoms with Crippen LogP contribution >= 0.6 is 11.3 Å². The first-order chi connectivity index (χ1) is 31.7. The zero-order valence-electron chi connectivity index (χ0n) is 38.9. The van der Waals surface area contributed by atoms with Gasteiger partial charge >= 0.3 is 0 Å². The van der Waals surface area contributed by atoms with E-state index in [1.807, 2.05) is 81.7 Å². The molecule has 13 heteroatoms. The minimum atomic E-state index is -0.958. The lowest BCUT2D eigenvalue weighted by molar-refractivity contribution is -0.144. The van der Waals surface area contributed by atoms with E-state index in [1.165, 1.54) is 21.6 Å². The van der Waals surface area contributed by atoms with Crippen molar-refractivity contribution in [3.05, 3.63) is 143 Å². The van der Waals surface area contributed by atoms with Crippen molar-refractivity contribution in [1.29, 1.82) is 0 Å². The van der Waals surface area contributed by atoms with Gasteiger partial charge in [0.25, 0.3) is 0 Å². The number of carbonyl (C=O) groups excluding carboxylic acids is 4. The molecule has 1 saturated heterocycles. The van der Waals surface area contributed by atoms with E-state index < -0.39 is 35.4 Å². The van der Waals surface area contributed by atoms with Gasteiger partial charge in [0.2, 0.25) is 23.6 Å². The maximum atomic E-state index is 14.0. The maximum absolute atomic E-state index is 14.0. The number of thiazole rings is 1. The number of nitrogens with zero attached hydrogens (tertiary/aromatic N) is 3. The van der Waals surface area contributed by atoms with Gasteiger partial charge < -0.3 is 35.0 Å². The van der Waals surface area contributed by atoms with E-state index in [0.717, 1.165) is 39.2 Å². The van der Waals surface area contributed by atoms with Crippen LogP contribution in [0.2, 0.25) is 0 Å². The third-order valence-corrected chi connectivity index (χ3v) is 12.7. The molecule has 6 rings (SSSR count). The predicted octanol–water partition coefficient (Wildman–Crippen LogP) is 7.93. The Bertz CT molecular complexity index is 2410. The summed E-state index contributed by atoms with van der Waals surface area (Å²) in [6.45, 7) is 10.8. The number of hydrogen-bond donors (Lipinski definition) is 3. The Morgan fingerprint density at radius 2 is 1.50 bits per heavy atom. The zero-order valence-corrected chi connectivity index (χ0v) is 39.7. The number of ether oxygens (including phenoxy) is 2. The van der Waals surface area contributed by atoms with Crippen LogP contribution in [0, 0.1) is 12.3 Å². The molecule has 0 radical (unpaired) electrons. The van der Waals surface area contributed by atoms with Gasteiger partial charge in [-0.05, 0) is 69.9 Å². The third-order valence-electron chi connectivity index (χ3n) is 11.7. The molecule has 1 unspecified atom stereocenters. The SMILES string of the molecule is CC/C(=C(\c1ccccc1)c1ccc(OCCN(C)C(=O)CCOCCC(=O)NC(C(=O)N2C[C@H](O)C[C@H]2C(=O)NCc2ccc(-c3scnc3C)cc2)C(C)(C)C)cc1)c1ccccc1. The van der Waals surface area contributed by atoms with Crippen molar-refractivity contribution >= 4 is 46.1 Å². The molecule has 1 aliphatic rings. The fraction of sp³-hybridized carbons (Fsp3) is 0.377. The van der Waals surface area contributed by atoms with Gasteiger partial charge in [-0.2, -0.15) is 0 Å². The number of β-amino-alcohol motifs (C(OH)–C–C–N with tert-alkyl or cyclic N) is 1. The second-order valence-corrected chi connectivity index (χ2v) is 18.5. The van der Waals surface area contributed by atoms with Crippen molar-refractivity contribution in [3.63, 3.8) is 0 Å². The lowest BCUT2D eigenvalue weighted by Crippen LogP contribution is -2.57. The number of nitrogens with one attached hydrogen (secondary N) is 2. The van der Waals surface area contributed by atoms with Gasteiger partial charge in [-0.1, -0.05) is 125 Å². The Balaban J connectivity index is 0.920. The molecule has 1 fully saturated rings. The van der Waals surface area contributed by atoms with Crippen molar-refractivity contribution in [2.24, 2.45) is 5.41 Å². The van der Waals surface area contributed by atoms with E-state index in [4.69, 9.17) is 9.47 Å². The number of aromatic nitrogens is 1. The monoisotopic (exact) mass is 913 g/mol. The highest BCUT2D eigenvalue weighted by Crippen LogP contribution is 2.35. The number of aliphatic hydroxyl groups is 1. The largest absolute Gasteiger partial charge is 0.492 e. The standard InChI is InChI=1S/C53H63N5O7S/c1-7-44(38-14-10-8-11-15-38)48(39-16-12-9-13-17-39)40-22-24-43(25-23-40)65-31-28-57(6)47(61)27-30-64-29-26-46(60)56-50(53(3,4)5)52(63)58-34-42(59)32-45(58)51(62)54-33-37-18-20-41(21-19-37)49-36(2)55-35-66-49/h8-25,35,42,45,50,59H,7,26-34H2,1-6H3,(H,54,62)(H,56,60)/b48-44-/t42-,45+,50?/m1/s1. The molecule has 0 saturated carbocycles. The second-order valence-electron chi connectivity index (χ2n) is 17.7. The van der Waals surface area contributed by atoms with E-state index in [9.17, 15) is 24.3 Å². The van der Waals surface area contributed by atoms with Crippen molar-refractivity contribution in [3.8, 4) is 16.2 Å². The van der Waals surface area contributed by atoms with Crippen LogP contribution in [0.3, 0.4) is 0 Å². The molecule has 66 heavy (non-hydrogen) atoms. The Kier molecular flexibility index (Phi) is 17.4. The van der Waals surface area contributed by atoms with Crippen LogP contribution in [-0.4, -0.2) is 102 Å². The number of carbonyl (C=O) groups is 4. The summed E-state index contributed by atoms with van der Waals surface area (Å²) < 4.78 is 11.7. The molecule has 12 nitrogen and oxygen atoms in total.